The Kier molecular flexibility index (Phi) is 7.65. The molecule has 2 heteroatoms. The molecular weight excluding hydrogens is 215 g/mol. The number of benzene rings is 1. The molecule has 1 nitrogen and oxygen atoms in total. The van der Waals surface area contributed by atoms with Crippen molar-refractivity contribution in [3.63, 3.8) is 0 Å². The Balaban J connectivity index is 1.95. The van der Waals surface area contributed by atoms with Crippen molar-refractivity contribution in [2.75, 3.05) is 6.61 Å². The first-order valence-electron chi connectivity index (χ1n) is 6.58. The summed E-state index contributed by atoms with van der Waals surface area (Å²) in [6.07, 6.45) is 3.58. The van der Waals surface area contributed by atoms with E-state index in [2.05, 4.69) is 12.1 Å². The van der Waals surface area contributed by atoms with Gasteiger partial charge in [0.1, 0.15) is 6.17 Å². The van der Waals surface area contributed by atoms with E-state index in [4.69, 9.17) is 4.74 Å². The van der Waals surface area contributed by atoms with E-state index >= 15 is 0 Å². The van der Waals surface area contributed by atoms with Gasteiger partial charge in [-0.15, -0.1) is 0 Å². The van der Waals surface area contributed by atoms with Crippen molar-refractivity contribution in [1.29, 1.82) is 0 Å². The molecule has 0 spiro atoms. The predicted octanol–water partition coefficient (Wildman–Crippen LogP) is 4.51. The van der Waals surface area contributed by atoms with Gasteiger partial charge in [0.05, 0.1) is 6.61 Å². The summed E-state index contributed by atoms with van der Waals surface area (Å²) in [5, 5.41) is 0. The molecule has 0 saturated heterocycles. The van der Waals surface area contributed by atoms with Crippen LogP contribution in [0, 0.1) is 0 Å². The molecule has 1 rings (SSSR count). The largest absolute Gasteiger partial charge is 0.377 e. The fourth-order valence-electron chi connectivity index (χ4n) is 1.79. The summed E-state index contributed by atoms with van der Waals surface area (Å²) < 4.78 is 18.7. The maximum Gasteiger partial charge on any atom is 0.100 e. The summed E-state index contributed by atoms with van der Waals surface area (Å²) in [5.41, 5.74) is 1.20. The quantitative estimate of drug-likeness (QED) is 0.575. The van der Waals surface area contributed by atoms with Crippen LogP contribution in [0.4, 0.5) is 4.39 Å². The summed E-state index contributed by atoms with van der Waals surface area (Å²) in [5.74, 6) is 0. The monoisotopic (exact) mass is 238 g/mol. The minimum Gasteiger partial charge on any atom is -0.377 e. The first-order valence-corrected chi connectivity index (χ1v) is 6.58. The van der Waals surface area contributed by atoms with Crippen LogP contribution < -0.4 is 0 Å². The second-order valence-corrected chi connectivity index (χ2v) is 4.42. The van der Waals surface area contributed by atoms with Crippen LogP contribution in [0.5, 0.6) is 0 Å². The van der Waals surface area contributed by atoms with Crippen LogP contribution in [0.2, 0.25) is 0 Å². The van der Waals surface area contributed by atoms with Gasteiger partial charge in [-0.1, -0.05) is 43.7 Å². The second-order valence-electron chi connectivity index (χ2n) is 4.42. The van der Waals surface area contributed by atoms with Crippen molar-refractivity contribution in [1.82, 2.24) is 0 Å². The SMILES string of the molecule is CCC[C@@H](F)CCCCOCc1ccccc1. The molecule has 96 valence electrons. The van der Waals surface area contributed by atoms with Crippen LogP contribution >= 0.6 is 0 Å². The van der Waals surface area contributed by atoms with E-state index in [0.29, 0.717) is 19.4 Å². The van der Waals surface area contributed by atoms with Crippen LogP contribution in [0.3, 0.4) is 0 Å². The number of hydrogen-bond acceptors (Lipinski definition) is 1. The van der Waals surface area contributed by atoms with Crippen molar-refractivity contribution >= 4 is 0 Å². The van der Waals surface area contributed by atoms with Crippen molar-refractivity contribution in [3.8, 4) is 0 Å². The molecule has 0 aliphatic carbocycles. The molecule has 1 atom stereocenters. The van der Waals surface area contributed by atoms with Gasteiger partial charge in [0.25, 0.3) is 0 Å². The number of alkyl halides is 1. The van der Waals surface area contributed by atoms with Gasteiger partial charge in [-0.05, 0) is 31.2 Å². The van der Waals surface area contributed by atoms with Gasteiger partial charge in [0.2, 0.25) is 0 Å². The summed E-state index contributed by atoms with van der Waals surface area (Å²) >= 11 is 0. The van der Waals surface area contributed by atoms with Gasteiger partial charge < -0.3 is 4.74 Å². The molecular formula is C15H23FO. The van der Waals surface area contributed by atoms with Crippen molar-refractivity contribution < 1.29 is 9.13 Å². The molecule has 0 aliphatic rings. The zero-order chi connectivity index (χ0) is 12.3. The number of rotatable bonds is 9. The van der Waals surface area contributed by atoms with Crippen LogP contribution in [-0.2, 0) is 11.3 Å². The third-order valence-corrected chi connectivity index (χ3v) is 2.77. The third kappa shape index (κ3) is 7.11. The fourth-order valence-corrected chi connectivity index (χ4v) is 1.79. The highest BCUT2D eigenvalue weighted by Crippen LogP contribution is 2.10. The van der Waals surface area contributed by atoms with Gasteiger partial charge in [0.15, 0.2) is 0 Å². The topological polar surface area (TPSA) is 9.23 Å². The Bertz CT molecular complexity index is 274. The summed E-state index contributed by atoms with van der Waals surface area (Å²) in [6.45, 7) is 3.41. The minimum absolute atomic E-state index is 0.617. The molecule has 0 bridgehead atoms. The Morgan fingerprint density at radius 3 is 2.59 bits per heavy atom. The summed E-state index contributed by atoms with van der Waals surface area (Å²) in [7, 11) is 0. The van der Waals surface area contributed by atoms with E-state index in [1.165, 1.54) is 5.56 Å². The maximum absolute atomic E-state index is 13.1. The van der Waals surface area contributed by atoms with Crippen molar-refractivity contribution in [2.24, 2.45) is 0 Å². The van der Waals surface area contributed by atoms with E-state index in [1.54, 1.807) is 0 Å². The van der Waals surface area contributed by atoms with Crippen LogP contribution in [-0.4, -0.2) is 12.8 Å². The Morgan fingerprint density at radius 1 is 1.12 bits per heavy atom. The molecule has 0 amide bonds. The predicted molar refractivity (Wildman–Crippen MR) is 69.8 cm³/mol. The lowest BCUT2D eigenvalue weighted by Gasteiger charge is -2.07. The highest BCUT2D eigenvalue weighted by atomic mass is 19.1. The second kappa shape index (κ2) is 9.17. The lowest BCUT2D eigenvalue weighted by atomic mass is 10.1. The first kappa shape index (κ1) is 14.2. The van der Waals surface area contributed by atoms with Crippen molar-refractivity contribution in [2.45, 2.75) is 51.8 Å². The Hall–Kier alpha value is -0.890. The zero-order valence-corrected chi connectivity index (χ0v) is 10.7. The molecule has 0 N–H and O–H groups in total. The first-order chi connectivity index (χ1) is 8.33. The van der Waals surface area contributed by atoms with Crippen LogP contribution in [0.25, 0.3) is 0 Å². The molecule has 0 unspecified atom stereocenters. The van der Waals surface area contributed by atoms with E-state index in [1.807, 2.05) is 25.1 Å². The molecule has 17 heavy (non-hydrogen) atoms. The van der Waals surface area contributed by atoms with E-state index in [-0.39, 0.29) is 0 Å². The third-order valence-electron chi connectivity index (χ3n) is 2.77. The van der Waals surface area contributed by atoms with Crippen LogP contribution in [0.15, 0.2) is 30.3 Å². The van der Waals surface area contributed by atoms with Crippen LogP contribution in [0.1, 0.15) is 44.6 Å². The summed E-state index contributed by atoms with van der Waals surface area (Å²) in [6, 6.07) is 10.1. The summed E-state index contributed by atoms with van der Waals surface area (Å²) in [4.78, 5) is 0. The maximum atomic E-state index is 13.1. The highest BCUT2D eigenvalue weighted by Gasteiger charge is 2.03. The van der Waals surface area contributed by atoms with E-state index in [9.17, 15) is 4.39 Å². The zero-order valence-electron chi connectivity index (χ0n) is 10.7. The Labute approximate surface area is 104 Å². The number of hydrogen-bond donors (Lipinski definition) is 0. The highest BCUT2D eigenvalue weighted by molar-refractivity contribution is 5.13. The van der Waals surface area contributed by atoms with Gasteiger partial charge >= 0.3 is 0 Å². The molecule has 0 aromatic heterocycles. The fraction of sp³-hybridized carbons (Fsp3) is 0.600. The number of ether oxygens (including phenoxy) is 1. The smallest absolute Gasteiger partial charge is 0.100 e. The van der Waals surface area contributed by atoms with Crippen molar-refractivity contribution in [3.05, 3.63) is 35.9 Å². The molecule has 0 heterocycles. The minimum atomic E-state index is -0.617. The molecule has 0 fully saturated rings. The van der Waals surface area contributed by atoms with E-state index < -0.39 is 6.17 Å². The van der Waals surface area contributed by atoms with Gasteiger partial charge in [-0.25, -0.2) is 4.39 Å². The Morgan fingerprint density at radius 2 is 1.88 bits per heavy atom. The van der Waals surface area contributed by atoms with Gasteiger partial charge in [-0.3, -0.25) is 0 Å². The molecule has 1 aromatic rings. The molecule has 0 aliphatic heterocycles. The van der Waals surface area contributed by atoms with Gasteiger partial charge in [0, 0.05) is 6.61 Å². The molecule has 1 aromatic carbocycles. The van der Waals surface area contributed by atoms with E-state index in [0.717, 1.165) is 25.9 Å². The normalized spacial score (nSPS) is 12.6. The van der Waals surface area contributed by atoms with Gasteiger partial charge in [-0.2, -0.15) is 0 Å². The molecule has 0 saturated carbocycles. The standard InChI is InChI=1S/C15H23FO/c1-2-8-15(16)11-6-7-12-17-13-14-9-4-3-5-10-14/h3-5,9-10,15H,2,6-8,11-13H2,1H3/t15-/m1/s1. The number of halogens is 1. The number of unbranched alkanes of at least 4 members (excludes halogenated alkanes) is 1. The lowest BCUT2D eigenvalue weighted by Crippen LogP contribution is -2.01. The average molecular weight is 238 g/mol. The average Bonchev–Trinajstić information content (AvgIpc) is 2.35. The molecule has 0 radical (unpaired) electrons. The lowest BCUT2D eigenvalue weighted by molar-refractivity contribution is 0.115.